The van der Waals surface area contributed by atoms with Crippen LogP contribution in [0.25, 0.3) is 0 Å². The molecule has 0 aromatic heterocycles. The molecule has 306 valence electrons. The fraction of sp³-hybridized carbons (Fsp3) is 0.523. The number of rotatable bonds is 12. The van der Waals surface area contributed by atoms with Crippen molar-refractivity contribution in [2.24, 2.45) is 23.5 Å². The number of primary amides is 1. The quantitative estimate of drug-likeness (QED) is 0.142. The number of fused-ring (bicyclic) bond motifs is 2. The van der Waals surface area contributed by atoms with Crippen LogP contribution in [0.5, 0.6) is 0 Å². The number of ketones is 2. The van der Waals surface area contributed by atoms with Crippen molar-refractivity contribution in [1.82, 2.24) is 15.5 Å². The number of nitrogens with zero attached hydrogens (tertiary/aromatic N) is 1. The molecular weight excluding hydrogens is 713 g/mol. The molecule has 0 spiro atoms. The van der Waals surface area contributed by atoms with Crippen LogP contribution in [0.3, 0.4) is 0 Å². The minimum atomic E-state index is -0.995. The third-order valence-corrected chi connectivity index (χ3v) is 10.3. The van der Waals surface area contributed by atoms with Gasteiger partial charge in [0, 0.05) is 48.3 Å². The van der Waals surface area contributed by atoms with E-state index in [9.17, 15) is 29.1 Å². The highest BCUT2D eigenvalue weighted by atomic mass is 16.6. The molecule has 0 fully saturated rings. The molecule has 0 saturated heterocycles. The second-order valence-corrected chi connectivity index (χ2v) is 15.2. The Balaban J connectivity index is 1.98. The van der Waals surface area contributed by atoms with Gasteiger partial charge in [-0.25, -0.2) is 4.79 Å². The van der Waals surface area contributed by atoms with E-state index < -0.39 is 53.7 Å². The summed E-state index contributed by atoms with van der Waals surface area (Å²) < 4.78 is 11.2. The Kier molecular flexibility index (Phi) is 18.1. The minimum Gasteiger partial charge on any atom is -0.441 e. The number of allylic oxidation sites excluding steroid dienone is 4. The summed E-state index contributed by atoms with van der Waals surface area (Å²) in [5, 5.41) is 16.7. The highest BCUT2D eigenvalue weighted by Crippen LogP contribution is 2.29. The number of methoxy groups -OCH3 is 1. The fourth-order valence-corrected chi connectivity index (χ4v) is 7.02. The van der Waals surface area contributed by atoms with Crippen LogP contribution in [0.4, 0.5) is 4.79 Å². The first-order chi connectivity index (χ1) is 26.6. The lowest BCUT2D eigenvalue weighted by atomic mass is 9.85. The molecule has 1 heterocycles. The van der Waals surface area contributed by atoms with Crippen LogP contribution in [0.15, 0.2) is 82.8 Å². The van der Waals surface area contributed by atoms with E-state index in [1.165, 1.54) is 13.2 Å². The van der Waals surface area contributed by atoms with Gasteiger partial charge in [-0.15, -0.1) is 0 Å². The second kappa shape index (κ2) is 22.2. The number of aliphatic hydroxyl groups excluding tert-OH is 1. The SMILES string of the molecule is CCCCN(CCCC)Cc1ccc(C(=O)NC2=C3C[C@@H](C)C[C@H](OC)[C@H](O)[C@@H](C)/C=C(\C)[C@H](OC(N)=O)[C@@H](C)/C=C\C=C(/C)C(=O)NC(=CC2=O)C3=O)cc1. The van der Waals surface area contributed by atoms with Gasteiger partial charge in [0.2, 0.25) is 11.6 Å². The van der Waals surface area contributed by atoms with Crippen LogP contribution in [0.1, 0.15) is 103 Å². The van der Waals surface area contributed by atoms with E-state index in [1.54, 1.807) is 44.2 Å². The Morgan fingerprint density at radius 3 is 2.23 bits per heavy atom. The molecule has 1 aromatic carbocycles. The zero-order valence-corrected chi connectivity index (χ0v) is 34.4. The van der Waals surface area contributed by atoms with Crippen molar-refractivity contribution in [2.75, 3.05) is 20.2 Å². The monoisotopic (exact) mass is 774 g/mol. The van der Waals surface area contributed by atoms with Crippen LogP contribution in [0.2, 0.25) is 0 Å². The molecule has 56 heavy (non-hydrogen) atoms. The van der Waals surface area contributed by atoms with E-state index in [4.69, 9.17) is 15.2 Å². The van der Waals surface area contributed by atoms with Gasteiger partial charge in [-0.3, -0.25) is 24.1 Å². The summed E-state index contributed by atoms with van der Waals surface area (Å²) in [6.45, 7) is 15.9. The smallest absolute Gasteiger partial charge is 0.405 e. The zero-order chi connectivity index (χ0) is 41.5. The largest absolute Gasteiger partial charge is 0.441 e. The average molecular weight is 775 g/mol. The van der Waals surface area contributed by atoms with E-state index in [-0.39, 0.29) is 47.2 Å². The third-order valence-electron chi connectivity index (χ3n) is 10.3. The Bertz CT molecular complexity index is 1720. The number of unbranched alkanes of at least 4 members (excludes halogenated alkanes) is 2. The fourth-order valence-electron chi connectivity index (χ4n) is 7.02. The number of nitrogens with two attached hydrogens (primary N) is 1. The lowest BCUT2D eigenvalue weighted by Gasteiger charge is -2.29. The van der Waals surface area contributed by atoms with Crippen molar-refractivity contribution in [1.29, 1.82) is 0 Å². The third kappa shape index (κ3) is 13.2. The van der Waals surface area contributed by atoms with E-state index in [0.717, 1.165) is 57.0 Å². The van der Waals surface area contributed by atoms with Gasteiger partial charge in [0.25, 0.3) is 11.8 Å². The summed E-state index contributed by atoms with van der Waals surface area (Å²) in [7, 11) is 1.48. The summed E-state index contributed by atoms with van der Waals surface area (Å²) >= 11 is 0. The van der Waals surface area contributed by atoms with Crippen molar-refractivity contribution in [2.45, 2.75) is 112 Å². The molecule has 5 N–H and O–H groups in total. The van der Waals surface area contributed by atoms with Crippen molar-refractivity contribution >= 4 is 29.5 Å². The number of hydrogen-bond acceptors (Lipinski definition) is 9. The predicted molar refractivity (Wildman–Crippen MR) is 217 cm³/mol. The highest BCUT2D eigenvalue weighted by molar-refractivity contribution is 6.24. The molecule has 0 unspecified atom stereocenters. The molecular formula is C44H62N4O8. The van der Waals surface area contributed by atoms with E-state index in [1.807, 2.05) is 32.9 Å². The van der Waals surface area contributed by atoms with Crippen LogP contribution < -0.4 is 16.4 Å². The molecule has 1 aromatic rings. The first-order valence-corrected chi connectivity index (χ1v) is 19.8. The van der Waals surface area contributed by atoms with E-state index >= 15 is 0 Å². The van der Waals surface area contributed by atoms with Crippen LogP contribution in [-0.4, -0.2) is 78.0 Å². The van der Waals surface area contributed by atoms with Gasteiger partial charge in [-0.2, -0.15) is 0 Å². The van der Waals surface area contributed by atoms with Gasteiger partial charge < -0.3 is 30.9 Å². The lowest BCUT2D eigenvalue weighted by molar-refractivity contribution is -0.120. The molecule has 1 aliphatic carbocycles. The maximum Gasteiger partial charge on any atom is 0.405 e. The Morgan fingerprint density at radius 2 is 1.64 bits per heavy atom. The summed E-state index contributed by atoms with van der Waals surface area (Å²) in [6.07, 6.45) is 9.12. The second-order valence-electron chi connectivity index (χ2n) is 15.2. The molecule has 2 aliphatic rings. The summed E-state index contributed by atoms with van der Waals surface area (Å²) in [4.78, 5) is 68.9. The van der Waals surface area contributed by atoms with Gasteiger partial charge in [0.1, 0.15) is 6.10 Å². The number of nitrogens with one attached hydrogen (secondary N) is 2. The lowest BCUT2D eigenvalue weighted by Crippen LogP contribution is -2.38. The predicted octanol–water partition coefficient (Wildman–Crippen LogP) is 6.22. The van der Waals surface area contributed by atoms with Crippen molar-refractivity contribution in [3.05, 3.63) is 93.9 Å². The zero-order valence-electron chi connectivity index (χ0n) is 34.4. The number of hydrogen-bond donors (Lipinski definition) is 4. The molecule has 2 bridgehead atoms. The van der Waals surface area contributed by atoms with Crippen LogP contribution >= 0.6 is 0 Å². The molecule has 3 rings (SSSR count). The average Bonchev–Trinajstić information content (AvgIpc) is 3.16. The van der Waals surface area contributed by atoms with Gasteiger partial charge in [0.15, 0.2) is 0 Å². The van der Waals surface area contributed by atoms with Gasteiger partial charge in [-0.05, 0) is 81.8 Å². The maximum atomic E-state index is 14.1. The van der Waals surface area contributed by atoms with Gasteiger partial charge in [-0.1, -0.05) is 83.9 Å². The number of ether oxygens (including phenoxy) is 2. The molecule has 12 nitrogen and oxygen atoms in total. The first-order valence-electron chi connectivity index (χ1n) is 19.8. The topological polar surface area (TPSA) is 177 Å². The molecule has 0 radical (unpaired) electrons. The Labute approximate surface area is 332 Å². The number of carbonyl (C=O) groups is 5. The molecule has 3 amide bonds. The maximum absolute atomic E-state index is 14.1. The van der Waals surface area contributed by atoms with Gasteiger partial charge >= 0.3 is 6.09 Å². The summed E-state index contributed by atoms with van der Waals surface area (Å²) in [6, 6.07) is 7.25. The Morgan fingerprint density at radius 1 is 1.00 bits per heavy atom. The first kappa shape index (κ1) is 45.7. The molecule has 12 heteroatoms. The molecule has 6 atom stereocenters. The molecule has 0 saturated carbocycles. The number of amides is 3. The van der Waals surface area contributed by atoms with E-state index in [0.29, 0.717) is 11.1 Å². The number of carbonyl (C=O) groups excluding carboxylic acids is 5. The number of Topliss-reactive ketones (excluding diaryl/α,β-unsaturated/α-hetero) is 1. The van der Waals surface area contributed by atoms with Crippen molar-refractivity contribution < 1.29 is 38.6 Å². The minimum absolute atomic E-state index is 0.0388. The Hall–Kier alpha value is -4.65. The van der Waals surface area contributed by atoms with Crippen molar-refractivity contribution in [3.63, 3.8) is 0 Å². The number of aliphatic hydroxyl groups is 1. The molecule has 1 aliphatic heterocycles. The highest BCUT2D eigenvalue weighted by Gasteiger charge is 2.34. The standard InChI is InChI=1S/C44H62N4O8/c1-9-11-20-48(21-12-10-2)26-32-16-18-33(19-17-32)43(53)47-38-34-22-27(3)23-37(55-8)39(50)30(6)24-31(7)41(56-44(45)54)28(4)14-13-15-29(5)42(52)46-35(40(34)51)25-36(38)49/h13-19,24-25,27-28,30,37,39,41,50H,9-12,20-23,26H2,1-8H3,(H2,45,54)(H,46,52)(H,47,53)/b14-13-,29-15+,31-24+/t27-,28+,30+,37+,39-,41-/m1/s1. The van der Waals surface area contributed by atoms with Crippen LogP contribution in [0, 0.1) is 17.8 Å². The van der Waals surface area contributed by atoms with Crippen molar-refractivity contribution in [3.8, 4) is 0 Å². The van der Waals surface area contributed by atoms with Gasteiger partial charge in [0.05, 0.1) is 23.6 Å². The summed E-state index contributed by atoms with van der Waals surface area (Å²) in [5.74, 6) is -3.53. The normalized spacial score (nSPS) is 26.8. The number of benzene rings is 1. The van der Waals surface area contributed by atoms with E-state index in [2.05, 4.69) is 29.4 Å². The van der Waals surface area contributed by atoms with Crippen LogP contribution in [-0.2, 0) is 30.4 Å². The summed E-state index contributed by atoms with van der Waals surface area (Å²) in [5.41, 5.74) is 7.37.